The second-order valence-electron chi connectivity index (χ2n) is 7.09. The number of aliphatic hydroxyl groups is 1. The Bertz CT molecular complexity index is 548. The van der Waals surface area contributed by atoms with Crippen molar-refractivity contribution in [3.63, 3.8) is 0 Å². The molecule has 0 amide bonds. The molecule has 146 valence electrons. The minimum atomic E-state index is -0.674. The van der Waals surface area contributed by atoms with E-state index in [0.717, 1.165) is 30.6 Å². The van der Waals surface area contributed by atoms with Gasteiger partial charge in [0.25, 0.3) is 0 Å². The lowest BCUT2D eigenvalue weighted by Crippen LogP contribution is -2.45. The Kier molecular flexibility index (Phi) is 6.89. The minimum absolute atomic E-state index is 0.0302. The zero-order valence-corrected chi connectivity index (χ0v) is 15.8. The third kappa shape index (κ3) is 5.18. The maximum Gasteiger partial charge on any atom is 0.158 e. The molecule has 2 heterocycles. The van der Waals surface area contributed by atoms with Crippen LogP contribution in [0.25, 0.3) is 0 Å². The fraction of sp³-hybridized carbons (Fsp3) is 0.700. The lowest BCUT2D eigenvalue weighted by molar-refractivity contribution is -0.278. The van der Waals surface area contributed by atoms with Gasteiger partial charge < -0.3 is 28.8 Å². The Morgan fingerprint density at radius 1 is 0.962 bits per heavy atom. The van der Waals surface area contributed by atoms with Gasteiger partial charge in [0.15, 0.2) is 12.6 Å². The van der Waals surface area contributed by atoms with Crippen molar-refractivity contribution >= 4 is 0 Å². The van der Waals surface area contributed by atoms with Crippen LogP contribution < -0.4 is 4.74 Å². The number of rotatable bonds is 6. The van der Waals surface area contributed by atoms with Crippen LogP contribution in [0.3, 0.4) is 0 Å². The number of methoxy groups -OCH3 is 1. The standard InChI is InChI=1S/C20H30O6/c1-13-17(23-12-15-4-6-16(22-3)7-5-15)9-11-20(25-13)26-18-8-10-19(21)24-14(18)2/h4-7,13-14,17-21H,8-12H2,1-3H3/t13-,14-,17-,18-,19+,20-/m0/s1. The van der Waals surface area contributed by atoms with Crippen LogP contribution in [-0.2, 0) is 25.6 Å². The van der Waals surface area contributed by atoms with Gasteiger partial charge in [0, 0.05) is 12.8 Å². The summed E-state index contributed by atoms with van der Waals surface area (Å²) in [5.74, 6) is 0.844. The second-order valence-corrected chi connectivity index (χ2v) is 7.09. The van der Waals surface area contributed by atoms with Crippen LogP contribution in [0.1, 0.15) is 45.1 Å². The molecule has 2 aliphatic heterocycles. The summed E-state index contributed by atoms with van der Waals surface area (Å²) in [6.07, 6.45) is 2.03. The molecule has 0 bridgehead atoms. The quantitative estimate of drug-likeness (QED) is 0.835. The molecule has 26 heavy (non-hydrogen) atoms. The summed E-state index contributed by atoms with van der Waals surface area (Å²) in [6.45, 7) is 4.51. The summed E-state index contributed by atoms with van der Waals surface area (Å²) in [4.78, 5) is 0. The molecule has 0 aromatic heterocycles. The fourth-order valence-electron chi connectivity index (χ4n) is 3.49. The van der Waals surface area contributed by atoms with Crippen molar-refractivity contribution in [1.29, 1.82) is 0 Å². The molecule has 0 radical (unpaired) electrons. The van der Waals surface area contributed by atoms with E-state index in [1.54, 1.807) is 7.11 Å². The molecule has 1 N–H and O–H groups in total. The Morgan fingerprint density at radius 2 is 1.65 bits per heavy atom. The molecular weight excluding hydrogens is 336 g/mol. The van der Waals surface area contributed by atoms with E-state index >= 15 is 0 Å². The normalized spacial score (nSPS) is 35.2. The van der Waals surface area contributed by atoms with Gasteiger partial charge in [-0.15, -0.1) is 0 Å². The van der Waals surface area contributed by atoms with Gasteiger partial charge in [-0.2, -0.15) is 0 Å². The molecule has 0 spiro atoms. The van der Waals surface area contributed by atoms with Crippen LogP contribution in [0.2, 0.25) is 0 Å². The lowest BCUT2D eigenvalue weighted by atomic mass is 10.0. The smallest absolute Gasteiger partial charge is 0.158 e. The van der Waals surface area contributed by atoms with Gasteiger partial charge >= 0.3 is 0 Å². The summed E-state index contributed by atoms with van der Waals surface area (Å²) in [5.41, 5.74) is 1.11. The van der Waals surface area contributed by atoms with Gasteiger partial charge in [0.2, 0.25) is 0 Å². The maximum absolute atomic E-state index is 9.53. The van der Waals surface area contributed by atoms with Crippen LogP contribution in [0.4, 0.5) is 0 Å². The number of hydrogen-bond donors (Lipinski definition) is 1. The third-order valence-electron chi connectivity index (χ3n) is 5.12. The second kappa shape index (κ2) is 9.15. The molecule has 6 heteroatoms. The Balaban J connectivity index is 1.43. The molecule has 6 atom stereocenters. The SMILES string of the molecule is COc1ccc(CO[C@H]2CC[C@H](O[C@H]3CC[C@H](O)O[C@H]3C)O[C@H]2C)cc1. The van der Waals surface area contributed by atoms with Crippen molar-refractivity contribution in [3.8, 4) is 5.75 Å². The molecule has 0 saturated carbocycles. The molecule has 0 unspecified atom stereocenters. The molecule has 1 aromatic carbocycles. The van der Waals surface area contributed by atoms with Crippen LogP contribution in [0, 0.1) is 0 Å². The lowest BCUT2D eigenvalue weighted by Gasteiger charge is -2.39. The average Bonchev–Trinajstić information content (AvgIpc) is 2.64. The van der Waals surface area contributed by atoms with Gasteiger partial charge in [-0.1, -0.05) is 12.1 Å². The molecule has 0 aliphatic carbocycles. The molecular formula is C20H30O6. The van der Waals surface area contributed by atoms with E-state index in [4.69, 9.17) is 23.7 Å². The Hall–Kier alpha value is -1.18. The van der Waals surface area contributed by atoms with Crippen LogP contribution in [0.15, 0.2) is 24.3 Å². The van der Waals surface area contributed by atoms with Gasteiger partial charge in [-0.25, -0.2) is 0 Å². The first-order chi connectivity index (χ1) is 12.5. The largest absolute Gasteiger partial charge is 0.497 e. The fourth-order valence-corrected chi connectivity index (χ4v) is 3.49. The van der Waals surface area contributed by atoms with Crippen molar-refractivity contribution in [2.24, 2.45) is 0 Å². The van der Waals surface area contributed by atoms with Crippen molar-refractivity contribution in [1.82, 2.24) is 0 Å². The van der Waals surface area contributed by atoms with Gasteiger partial charge in [0.1, 0.15) is 5.75 Å². The monoisotopic (exact) mass is 366 g/mol. The Morgan fingerprint density at radius 3 is 2.31 bits per heavy atom. The molecule has 6 nitrogen and oxygen atoms in total. The van der Waals surface area contributed by atoms with Crippen molar-refractivity contribution in [2.45, 2.75) is 83.1 Å². The van der Waals surface area contributed by atoms with Gasteiger partial charge in [-0.05, 0) is 44.4 Å². The van der Waals surface area contributed by atoms with Crippen molar-refractivity contribution in [3.05, 3.63) is 29.8 Å². The summed E-state index contributed by atoms with van der Waals surface area (Å²) in [6, 6.07) is 7.90. The van der Waals surface area contributed by atoms with Crippen molar-refractivity contribution < 1.29 is 28.8 Å². The highest BCUT2D eigenvalue weighted by Gasteiger charge is 2.34. The number of benzene rings is 1. The van der Waals surface area contributed by atoms with E-state index in [1.807, 2.05) is 38.1 Å². The molecule has 3 rings (SSSR count). The predicted octanol–water partition coefficient (Wildman–Crippen LogP) is 3.01. The van der Waals surface area contributed by atoms with Crippen LogP contribution in [0.5, 0.6) is 5.75 Å². The zero-order chi connectivity index (χ0) is 18.5. The molecule has 2 saturated heterocycles. The topological polar surface area (TPSA) is 66.4 Å². The third-order valence-corrected chi connectivity index (χ3v) is 5.12. The molecule has 1 aromatic rings. The number of hydrogen-bond acceptors (Lipinski definition) is 6. The van der Waals surface area contributed by atoms with E-state index in [0.29, 0.717) is 13.0 Å². The number of ether oxygens (including phenoxy) is 5. The molecule has 2 aliphatic rings. The van der Waals surface area contributed by atoms with Gasteiger partial charge in [-0.3, -0.25) is 0 Å². The zero-order valence-electron chi connectivity index (χ0n) is 15.8. The highest BCUT2D eigenvalue weighted by molar-refractivity contribution is 5.26. The van der Waals surface area contributed by atoms with E-state index in [1.165, 1.54) is 0 Å². The first-order valence-corrected chi connectivity index (χ1v) is 9.44. The van der Waals surface area contributed by atoms with Crippen molar-refractivity contribution in [2.75, 3.05) is 7.11 Å². The van der Waals surface area contributed by atoms with E-state index < -0.39 is 6.29 Å². The number of aliphatic hydroxyl groups excluding tert-OH is 1. The minimum Gasteiger partial charge on any atom is -0.497 e. The van der Waals surface area contributed by atoms with E-state index in [2.05, 4.69) is 0 Å². The average molecular weight is 366 g/mol. The van der Waals surface area contributed by atoms with Crippen LogP contribution in [-0.4, -0.2) is 49.2 Å². The highest BCUT2D eigenvalue weighted by atomic mass is 16.7. The first-order valence-electron chi connectivity index (χ1n) is 9.44. The molecule has 2 fully saturated rings. The summed E-state index contributed by atoms with van der Waals surface area (Å²) < 4.78 is 28.7. The maximum atomic E-state index is 9.53. The Labute approximate surface area is 155 Å². The summed E-state index contributed by atoms with van der Waals surface area (Å²) in [7, 11) is 1.66. The summed E-state index contributed by atoms with van der Waals surface area (Å²) >= 11 is 0. The highest BCUT2D eigenvalue weighted by Crippen LogP contribution is 2.28. The van der Waals surface area contributed by atoms with E-state index in [-0.39, 0.29) is 30.7 Å². The van der Waals surface area contributed by atoms with E-state index in [9.17, 15) is 5.11 Å². The van der Waals surface area contributed by atoms with Crippen LogP contribution >= 0.6 is 0 Å². The predicted molar refractivity (Wildman–Crippen MR) is 95.8 cm³/mol. The summed E-state index contributed by atoms with van der Waals surface area (Å²) in [5, 5.41) is 9.53. The van der Waals surface area contributed by atoms with Gasteiger partial charge in [0.05, 0.1) is 38.1 Å². The first kappa shape index (κ1) is 19.6.